The highest BCUT2D eigenvalue weighted by Gasteiger charge is 2.20. The highest BCUT2D eigenvalue weighted by Crippen LogP contribution is 2.29. The third-order valence-electron chi connectivity index (χ3n) is 4.70. The summed E-state index contributed by atoms with van der Waals surface area (Å²) in [5.41, 5.74) is 4.31. The van der Waals surface area contributed by atoms with E-state index in [4.69, 9.17) is 4.74 Å². The predicted molar refractivity (Wildman–Crippen MR) is 113 cm³/mol. The van der Waals surface area contributed by atoms with E-state index in [1.807, 2.05) is 45.0 Å². The fraction of sp³-hybridized carbons (Fsp3) is 0.238. The molecule has 1 aromatic heterocycles. The molecule has 8 heteroatoms. The number of benzene rings is 2. The lowest BCUT2D eigenvalue weighted by molar-refractivity contribution is 0.292. The SMILES string of the molecule is Cc1cccc(C)c1-c1cc2nc(n1)NS(=O)(=O)c1cccc(c1)NC(C)CO2. The molecule has 2 N–H and O–H groups in total. The average Bonchev–Trinajstić information content (AvgIpc) is 2.65. The zero-order valence-corrected chi connectivity index (χ0v) is 17.2. The molecule has 1 atom stereocenters. The molecule has 2 heterocycles. The summed E-state index contributed by atoms with van der Waals surface area (Å²) >= 11 is 0. The second-order valence-electron chi connectivity index (χ2n) is 7.17. The van der Waals surface area contributed by atoms with Gasteiger partial charge in [0.15, 0.2) is 0 Å². The Bertz CT molecular complexity index is 1160. The van der Waals surface area contributed by atoms with Gasteiger partial charge in [-0.3, -0.25) is 0 Å². The van der Waals surface area contributed by atoms with Crippen LogP contribution in [0.5, 0.6) is 5.88 Å². The number of aryl methyl sites for hydroxylation is 2. The Hall–Kier alpha value is -3.13. The number of ether oxygens (including phenoxy) is 1. The molecule has 0 saturated heterocycles. The zero-order valence-electron chi connectivity index (χ0n) is 16.4. The molecular formula is C21H22N4O3S. The zero-order chi connectivity index (χ0) is 20.6. The highest BCUT2D eigenvalue weighted by molar-refractivity contribution is 7.92. The molecule has 7 nitrogen and oxygen atoms in total. The molecule has 3 aromatic rings. The van der Waals surface area contributed by atoms with Crippen LogP contribution in [0.2, 0.25) is 0 Å². The molecule has 2 aromatic carbocycles. The monoisotopic (exact) mass is 410 g/mol. The second-order valence-corrected chi connectivity index (χ2v) is 8.85. The minimum atomic E-state index is -3.85. The van der Waals surface area contributed by atoms with Crippen LogP contribution < -0.4 is 14.8 Å². The van der Waals surface area contributed by atoms with Crippen molar-refractivity contribution >= 4 is 21.7 Å². The van der Waals surface area contributed by atoms with Crippen molar-refractivity contribution in [2.75, 3.05) is 16.6 Å². The van der Waals surface area contributed by atoms with Crippen molar-refractivity contribution in [3.63, 3.8) is 0 Å². The number of sulfonamides is 1. The van der Waals surface area contributed by atoms with Crippen molar-refractivity contribution in [1.29, 1.82) is 0 Å². The van der Waals surface area contributed by atoms with Gasteiger partial charge in [-0.15, -0.1) is 0 Å². The van der Waals surface area contributed by atoms with Gasteiger partial charge in [0.1, 0.15) is 6.61 Å². The summed E-state index contributed by atoms with van der Waals surface area (Å²) in [6.45, 7) is 6.30. The summed E-state index contributed by atoms with van der Waals surface area (Å²) < 4.78 is 34.1. The van der Waals surface area contributed by atoms with Crippen molar-refractivity contribution in [2.45, 2.75) is 31.7 Å². The predicted octanol–water partition coefficient (Wildman–Crippen LogP) is 3.75. The minimum absolute atomic E-state index is 0.0215. The van der Waals surface area contributed by atoms with Crippen LogP contribution in [0.1, 0.15) is 18.1 Å². The van der Waals surface area contributed by atoms with E-state index in [9.17, 15) is 8.42 Å². The van der Waals surface area contributed by atoms with Crippen molar-refractivity contribution in [3.05, 3.63) is 59.7 Å². The molecule has 1 aliphatic rings. The molecule has 0 saturated carbocycles. The molecule has 150 valence electrons. The Kier molecular flexibility index (Phi) is 4.87. The van der Waals surface area contributed by atoms with Gasteiger partial charge in [-0.25, -0.2) is 18.1 Å². The van der Waals surface area contributed by atoms with Gasteiger partial charge in [0.05, 0.1) is 16.6 Å². The van der Waals surface area contributed by atoms with Crippen LogP contribution in [-0.4, -0.2) is 31.0 Å². The van der Waals surface area contributed by atoms with Crippen LogP contribution >= 0.6 is 0 Å². The highest BCUT2D eigenvalue weighted by atomic mass is 32.2. The first-order chi connectivity index (χ1) is 13.8. The van der Waals surface area contributed by atoms with Crippen LogP contribution in [0.15, 0.2) is 53.4 Å². The number of fused-ring (bicyclic) bond motifs is 4. The van der Waals surface area contributed by atoms with E-state index >= 15 is 0 Å². The quantitative estimate of drug-likeness (QED) is 0.635. The van der Waals surface area contributed by atoms with Crippen LogP contribution in [0.4, 0.5) is 11.6 Å². The van der Waals surface area contributed by atoms with E-state index in [0.717, 1.165) is 16.7 Å². The van der Waals surface area contributed by atoms with Gasteiger partial charge >= 0.3 is 0 Å². The Morgan fingerprint density at radius 2 is 1.76 bits per heavy atom. The molecule has 0 spiro atoms. The summed E-state index contributed by atoms with van der Waals surface area (Å²) in [4.78, 5) is 8.89. The minimum Gasteiger partial charge on any atom is -0.475 e. The largest absolute Gasteiger partial charge is 0.475 e. The Morgan fingerprint density at radius 3 is 2.52 bits per heavy atom. The van der Waals surface area contributed by atoms with Gasteiger partial charge in [0.25, 0.3) is 10.0 Å². The van der Waals surface area contributed by atoms with Crippen molar-refractivity contribution in [3.8, 4) is 17.1 Å². The Balaban J connectivity index is 1.86. The van der Waals surface area contributed by atoms with E-state index in [0.29, 0.717) is 23.9 Å². The van der Waals surface area contributed by atoms with Gasteiger partial charge in [-0.1, -0.05) is 24.3 Å². The first-order valence-corrected chi connectivity index (χ1v) is 10.8. The van der Waals surface area contributed by atoms with Gasteiger partial charge in [0, 0.05) is 17.3 Å². The van der Waals surface area contributed by atoms with E-state index in [-0.39, 0.29) is 16.9 Å². The van der Waals surface area contributed by atoms with Gasteiger partial charge in [-0.2, -0.15) is 4.98 Å². The maximum atomic E-state index is 12.9. The number of aromatic nitrogens is 2. The first-order valence-electron chi connectivity index (χ1n) is 9.30. The normalized spacial score (nSPS) is 17.7. The molecule has 0 aliphatic carbocycles. The fourth-order valence-electron chi connectivity index (χ4n) is 3.36. The topological polar surface area (TPSA) is 93.2 Å². The van der Waals surface area contributed by atoms with Crippen LogP contribution in [-0.2, 0) is 10.0 Å². The number of anilines is 2. The summed E-state index contributed by atoms with van der Waals surface area (Å²) in [7, 11) is -3.85. The maximum absolute atomic E-state index is 12.9. The summed E-state index contributed by atoms with van der Waals surface area (Å²) in [5, 5.41) is 3.25. The lowest BCUT2D eigenvalue weighted by Gasteiger charge is -2.19. The molecule has 1 unspecified atom stereocenters. The maximum Gasteiger partial charge on any atom is 0.264 e. The molecular weight excluding hydrogens is 388 g/mol. The Morgan fingerprint density at radius 1 is 1.03 bits per heavy atom. The summed E-state index contributed by atoms with van der Waals surface area (Å²) in [6.07, 6.45) is 0. The van der Waals surface area contributed by atoms with E-state index in [2.05, 4.69) is 20.0 Å². The number of rotatable bonds is 1. The summed E-state index contributed by atoms with van der Waals surface area (Å²) in [6, 6.07) is 14.3. The van der Waals surface area contributed by atoms with Crippen LogP contribution in [0.25, 0.3) is 11.3 Å². The van der Waals surface area contributed by atoms with Gasteiger partial charge < -0.3 is 10.1 Å². The first kappa shape index (κ1) is 19.2. The smallest absolute Gasteiger partial charge is 0.264 e. The molecule has 4 rings (SSSR count). The van der Waals surface area contributed by atoms with Crippen molar-refractivity contribution in [2.24, 2.45) is 0 Å². The lowest BCUT2D eigenvalue weighted by atomic mass is 10.00. The number of hydrogen-bond acceptors (Lipinski definition) is 6. The molecule has 0 amide bonds. The molecule has 4 bridgehead atoms. The van der Waals surface area contributed by atoms with Gasteiger partial charge in [0.2, 0.25) is 11.8 Å². The Labute approximate surface area is 170 Å². The van der Waals surface area contributed by atoms with Crippen molar-refractivity contribution < 1.29 is 13.2 Å². The average molecular weight is 410 g/mol. The number of nitrogens with one attached hydrogen (secondary N) is 2. The third kappa shape index (κ3) is 4.02. The lowest BCUT2D eigenvalue weighted by Crippen LogP contribution is -2.25. The molecule has 1 aliphatic heterocycles. The third-order valence-corrected chi connectivity index (χ3v) is 6.03. The van der Waals surface area contributed by atoms with Crippen LogP contribution in [0.3, 0.4) is 0 Å². The number of hydrogen-bond donors (Lipinski definition) is 2. The number of nitrogens with zero attached hydrogens (tertiary/aromatic N) is 2. The van der Waals surface area contributed by atoms with Crippen LogP contribution in [0, 0.1) is 13.8 Å². The van der Waals surface area contributed by atoms with Gasteiger partial charge in [-0.05, 0) is 50.1 Å². The molecule has 0 radical (unpaired) electrons. The second kappa shape index (κ2) is 7.36. The van der Waals surface area contributed by atoms with E-state index in [1.54, 1.807) is 18.2 Å². The molecule has 29 heavy (non-hydrogen) atoms. The fourth-order valence-corrected chi connectivity index (χ4v) is 4.35. The van der Waals surface area contributed by atoms with Crippen molar-refractivity contribution in [1.82, 2.24) is 9.97 Å². The standard InChI is InChI=1S/C21H22N4O3S/c1-13-6-4-7-14(2)20(13)18-11-19-24-21(23-18)25-29(26,27)17-9-5-8-16(10-17)22-15(3)12-28-19/h4-11,15,22H,12H2,1-3H3,(H,23,24,25). The van der Waals surface area contributed by atoms with E-state index < -0.39 is 10.0 Å². The summed E-state index contributed by atoms with van der Waals surface area (Å²) in [5.74, 6) is 0.292. The van der Waals surface area contributed by atoms with E-state index in [1.165, 1.54) is 6.07 Å². The molecule has 0 fully saturated rings.